The van der Waals surface area contributed by atoms with Gasteiger partial charge in [-0.15, -0.1) is 0 Å². The van der Waals surface area contributed by atoms with E-state index in [1.807, 2.05) is 48.5 Å². The van der Waals surface area contributed by atoms with Gasteiger partial charge in [0.2, 0.25) is 0 Å². The summed E-state index contributed by atoms with van der Waals surface area (Å²) in [4.78, 5) is 35.4. The fourth-order valence-corrected chi connectivity index (χ4v) is 2.55. The number of pyridine rings is 1. The highest BCUT2D eigenvalue weighted by Gasteiger charge is 2.09. The average molecular weight is 377 g/mol. The first-order chi connectivity index (χ1) is 13.6. The van der Waals surface area contributed by atoms with Crippen LogP contribution < -0.4 is 21.1 Å². The Labute approximate surface area is 161 Å². The van der Waals surface area contributed by atoms with Crippen LogP contribution >= 0.6 is 0 Å². The van der Waals surface area contributed by atoms with E-state index in [4.69, 9.17) is 4.74 Å². The molecular weight excluding hydrogens is 358 g/mol. The number of hydrogen-bond donors (Lipinski definition) is 2. The van der Waals surface area contributed by atoms with E-state index in [9.17, 15) is 14.4 Å². The maximum atomic E-state index is 12.0. The van der Waals surface area contributed by atoms with Crippen LogP contribution in [0.15, 0.2) is 83.8 Å². The summed E-state index contributed by atoms with van der Waals surface area (Å²) in [7, 11) is 0. The molecule has 0 aliphatic carbocycles. The van der Waals surface area contributed by atoms with Gasteiger partial charge >= 0.3 is 0 Å². The number of nitrogens with one attached hydrogen (secondary N) is 2. The molecule has 0 saturated carbocycles. The maximum absolute atomic E-state index is 12.0. The lowest BCUT2D eigenvalue weighted by atomic mass is 10.1. The summed E-state index contributed by atoms with van der Waals surface area (Å²) in [6.07, 6.45) is 1.49. The smallest absolute Gasteiger partial charge is 0.276 e. The van der Waals surface area contributed by atoms with Crippen LogP contribution in [0.25, 0.3) is 11.1 Å². The molecule has 1 aromatic heterocycles. The van der Waals surface area contributed by atoms with Crippen LogP contribution in [-0.4, -0.2) is 23.0 Å². The Morgan fingerprint density at radius 1 is 0.821 bits per heavy atom. The van der Waals surface area contributed by atoms with Crippen LogP contribution in [-0.2, 0) is 16.1 Å². The monoisotopic (exact) mass is 377 g/mol. The first kappa shape index (κ1) is 18.9. The van der Waals surface area contributed by atoms with Crippen LogP contribution in [0.3, 0.4) is 0 Å². The predicted octanol–water partition coefficient (Wildman–Crippen LogP) is 1.74. The second-order valence-electron chi connectivity index (χ2n) is 5.91. The standard InChI is InChI=1S/C21H19N3O4/c25-19(14-24-13-7-6-12-21(24)27)22-23-20(26)15-28-18-11-5-4-10-17(18)16-8-2-1-3-9-16/h1-13H,14-15H2,(H,22,25)(H,23,26). The maximum Gasteiger partial charge on any atom is 0.276 e. The van der Waals surface area contributed by atoms with Crippen molar-refractivity contribution in [2.45, 2.75) is 6.54 Å². The Kier molecular flexibility index (Phi) is 6.20. The largest absolute Gasteiger partial charge is 0.483 e. The van der Waals surface area contributed by atoms with Gasteiger partial charge in [0.25, 0.3) is 17.4 Å². The normalized spacial score (nSPS) is 10.1. The van der Waals surface area contributed by atoms with Gasteiger partial charge in [-0.3, -0.25) is 25.2 Å². The minimum Gasteiger partial charge on any atom is -0.483 e. The number of hydrazine groups is 1. The van der Waals surface area contributed by atoms with Gasteiger partial charge in [-0.05, 0) is 17.7 Å². The number of rotatable bonds is 6. The van der Waals surface area contributed by atoms with Crippen LogP contribution in [0.2, 0.25) is 0 Å². The van der Waals surface area contributed by atoms with Crippen molar-refractivity contribution in [3.8, 4) is 16.9 Å². The lowest BCUT2D eigenvalue weighted by Crippen LogP contribution is -2.45. The minimum atomic E-state index is -0.522. The van der Waals surface area contributed by atoms with Gasteiger partial charge in [0.1, 0.15) is 12.3 Å². The molecule has 3 rings (SSSR count). The van der Waals surface area contributed by atoms with Gasteiger partial charge in [0, 0.05) is 17.8 Å². The molecule has 0 radical (unpaired) electrons. The number of benzene rings is 2. The third kappa shape index (κ3) is 5.07. The molecular formula is C21H19N3O4. The fraction of sp³-hybridized carbons (Fsp3) is 0.0952. The SMILES string of the molecule is O=C(COc1ccccc1-c1ccccc1)NNC(=O)Cn1ccccc1=O. The van der Waals surface area contributed by atoms with Crippen molar-refractivity contribution in [1.82, 2.24) is 15.4 Å². The van der Waals surface area contributed by atoms with E-state index < -0.39 is 11.8 Å². The van der Waals surface area contributed by atoms with Gasteiger partial charge in [0.05, 0.1) is 0 Å². The highest BCUT2D eigenvalue weighted by molar-refractivity contribution is 5.83. The van der Waals surface area contributed by atoms with E-state index in [0.717, 1.165) is 11.1 Å². The second-order valence-corrected chi connectivity index (χ2v) is 5.91. The summed E-state index contributed by atoms with van der Waals surface area (Å²) < 4.78 is 6.83. The zero-order valence-corrected chi connectivity index (χ0v) is 15.0. The Hall–Kier alpha value is -3.87. The number of para-hydroxylation sites is 1. The number of ether oxygens (including phenoxy) is 1. The highest BCUT2D eigenvalue weighted by atomic mass is 16.5. The van der Waals surface area contributed by atoms with E-state index in [1.165, 1.54) is 16.8 Å². The van der Waals surface area contributed by atoms with Crippen molar-refractivity contribution in [1.29, 1.82) is 0 Å². The molecule has 2 amide bonds. The zero-order chi connectivity index (χ0) is 19.8. The summed E-state index contributed by atoms with van der Waals surface area (Å²) in [5, 5.41) is 0. The quantitative estimate of drug-likeness (QED) is 0.641. The number of carbonyl (C=O) groups is 2. The lowest BCUT2D eigenvalue weighted by Gasteiger charge is -2.12. The molecule has 0 fully saturated rings. The molecule has 0 aliphatic rings. The Morgan fingerprint density at radius 2 is 1.50 bits per heavy atom. The first-order valence-corrected chi connectivity index (χ1v) is 8.64. The average Bonchev–Trinajstić information content (AvgIpc) is 2.73. The van der Waals surface area contributed by atoms with Gasteiger partial charge in [-0.2, -0.15) is 0 Å². The number of hydrogen-bond acceptors (Lipinski definition) is 4. The minimum absolute atomic E-state index is 0.197. The molecule has 0 spiro atoms. The van der Waals surface area contributed by atoms with Crippen molar-refractivity contribution >= 4 is 11.8 Å². The fourth-order valence-electron chi connectivity index (χ4n) is 2.55. The van der Waals surface area contributed by atoms with Crippen molar-refractivity contribution in [3.05, 3.63) is 89.3 Å². The van der Waals surface area contributed by atoms with Crippen molar-refractivity contribution < 1.29 is 14.3 Å². The Morgan fingerprint density at radius 3 is 2.29 bits per heavy atom. The third-order valence-corrected chi connectivity index (χ3v) is 3.88. The molecule has 0 aliphatic heterocycles. The van der Waals surface area contributed by atoms with Gasteiger partial charge < -0.3 is 9.30 Å². The van der Waals surface area contributed by atoms with Crippen LogP contribution in [0.5, 0.6) is 5.75 Å². The van der Waals surface area contributed by atoms with E-state index in [2.05, 4.69) is 10.9 Å². The van der Waals surface area contributed by atoms with Gasteiger partial charge in [0.15, 0.2) is 6.61 Å². The molecule has 2 aromatic carbocycles. The summed E-state index contributed by atoms with van der Waals surface area (Å²) in [5.74, 6) is -0.478. The molecule has 1 heterocycles. The first-order valence-electron chi connectivity index (χ1n) is 8.64. The molecule has 0 unspecified atom stereocenters. The molecule has 2 N–H and O–H groups in total. The van der Waals surface area contributed by atoms with Crippen LogP contribution in [0, 0.1) is 0 Å². The molecule has 0 atom stereocenters. The summed E-state index contributed by atoms with van der Waals surface area (Å²) in [5.41, 5.74) is 6.07. The summed E-state index contributed by atoms with van der Waals surface area (Å²) in [6, 6.07) is 21.6. The summed E-state index contributed by atoms with van der Waals surface area (Å²) >= 11 is 0. The Bertz CT molecular complexity index is 1020. The number of nitrogens with zero attached hydrogens (tertiary/aromatic N) is 1. The van der Waals surface area contributed by atoms with Gasteiger partial charge in [-0.25, -0.2) is 0 Å². The van der Waals surface area contributed by atoms with Crippen molar-refractivity contribution in [2.75, 3.05) is 6.61 Å². The molecule has 7 heteroatoms. The Balaban J connectivity index is 1.52. The van der Waals surface area contributed by atoms with E-state index in [1.54, 1.807) is 18.2 Å². The molecule has 28 heavy (non-hydrogen) atoms. The number of amides is 2. The number of carbonyl (C=O) groups excluding carboxylic acids is 2. The summed E-state index contributed by atoms with van der Waals surface area (Å²) in [6.45, 7) is -0.465. The lowest BCUT2D eigenvalue weighted by molar-refractivity contribution is -0.130. The topological polar surface area (TPSA) is 89.4 Å². The third-order valence-electron chi connectivity index (χ3n) is 3.88. The van der Waals surface area contributed by atoms with E-state index in [0.29, 0.717) is 5.75 Å². The van der Waals surface area contributed by atoms with E-state index >= 15 is 0 Å². The van der Waals surface area contributed by atoms with Crippen molar-refractivity contribution in [2.24, 2.45) is 0 Å². The van der Waals surface area contributed by atoms with E-state index in [-0.39, 0.29) is 18.7 Å². The molecule has 0 saturated heterocycles. The predicted molar refractivity (Wildman–Crippen MR) is 104 cm³/mol. The highest BCUT2D eigenvalue weighted by Crippen LogP contribution is 2.29. The molecule has 7 nitrogen and oxygen atoms in total. The van der Waals surface area contributed by atoms with Crippen LogP contribution in [0.1, 0.15) is 0 Å². The second kappa shape index (κ2) is 9.18. The molecule has 142 valence electrons. The van der Waals surface area contributed by atoms with Gasteiger partial charge in [-0.1, -0.05) is 54.6 Å². The number of aromatic nitrogens is 1. The van der Waals surface area contributed by atoms with Crippen LogP contribution in [0.4, 0.5) is 0 Å². The molecule has 0 bridgehead atoms. The van der Waals surface area contributed by atoms with Crippen molar-refractivity contribution in [3.63, 3.8) is 0 Å². The zero-order valence-electron chi connectivity index (χ0n) is 15.0. The molecule has 3 aromatic rings.